The monoisotopic (exact) mass is 556 g/mol. The van der Waals surface area contributed by atoms with Crippen molar-refractivity contribution in [1.82, 2.24) is 10.2 Å². The van der Waals surface area contributed by atoms with Crippen molar-refractivity contribution in [2.45, 2.75) is 51.8 Å². The molecule has 1 aromatic rings. The van der Waals surface area contributed by atoms with Crippen molar-refractivity contribution in [2.24, 2.45) is 23.0 Å². The first kappa shape index (κ1) is 29.6. The third-order valence-corrected chi connectivity index (χ3v) is 8.67. The Hall–Kier alpha value is -3.41. The van der Waals surface area contributed by atoms with Crippen LogP contribution >= 0.6 is 0 Å². The molecule has 0 radical (unpaired) electrons. The topological polar surface area (TPSA) is 177 Å². The number of rotatable bonds is 7. The number of aliphatic hydroxyl groups excluding tert-OH is 2. The fourth-order valence-corrected chi connectivity index (χ4v) is 6.95. The average molecular weight is 557 g/mol. The number of aromatic hydroxyl groups is 1. The molecule has 3 aliphatic carbocycles. The number of anilines is 1. The molecule has 40 heavy (non-hydrogen) atoms. The number of nitrogens with one attached hydrogen (secondary N) is 1. The lowest BCUT2D eigenvalue weighted by Gasteiger charge is -2.57. The maximum absolute atomic E-state index is 14.2. The molecule has 1 fully saturated rings. The number of nitrogens with two attached hydrogens (primary N) is 1. The number of Topliss-reactive ketones (excluding diaryl/α,β-unsaturated/α-hetero) is 2. The summed E-state index contributed by atoms with van der Waals surface area (Å²) in [6, 6.07) is 0.684. The quantitative estimate of drug-likeness (QED) is 0.267. The predicted octanol–water partition coefficient (Wildman–Crippen LogP) is 1.17. The zero-order valence-electron chi connectivity index (χ0n) is 24.1. The van der Waals surface area contributed by atoms with Crippen LogP contribution in [-0.4, -0.2) is 89.2 Å². The van der Waals surface area contributed by atoms with Crippen LogP contribution in [0.1, 0.15) is 43.9 Å². The normalized spacial score (nSPS) is 28.1. The minimum absolute atomic E-state index is 0.0179. The lowest BCUT2D eigenvalue weighted by molar-refractivity contribution is -0.171. The summed E-state index contributed by atoms with van der Waals surface area (Å²) in [4.78, 5) is 43.2. The van der Waals surface area contributed by atoms with E-state index in [4.69, 9.17) is 5.73 Å². The first-order chi connectivity index (χ1) is 18.5. The van der Waals surface area contributed by atoms with Crippen LogP contribution in [0.15, 0.2) is 23.0 Å². The van der Waals surface area contributed by atoms with E-state index in [1.807, 2.05) is 25.1 Å². The third-order valence-electron chi connectivity index (χ3n) is 8.67. The van der Waals surface area contributed by atoms with Gasteiger partial charge in [0.25, 0.3) is 5.91 Å². The second-order valence-electron chi connectivity index (χ2n) is 12.3. The summed E-state index contributed by atoms with van der Waals surface area (Å²) in [5, 5.41) is 49.4. The Morgan fingerprint density at radius 1 is 1.18 bits per heavy atom. The van der Waals surface area contributed by atoms with E-state index in [0.717, 1.165) is 5.69 Å². The molecule has 1 aromatic carbocycles. The molecular formula is C29H40N4O7. The van der Waals surface area contributed by atoms with Gasteiger partial charge in [0.2, 0.25) is 5.78 Å². The number of carbonyl (C=O) groups is 3. The smallest absolute Gasteiger partial charge is 0.255 e. The summed E-state index contributed by atoms with van der Waals surface area (Å²) in [6.45, 7) is 6.66. The summed E-state index contributed by atoms with van der Waals surface area (Å²) in [5.74, 6) is -5.14. The number of aliphatic hydroxyl groups is 3. The second kappa shape index (κ2) is 9.90. The third kappa shape index (κ3) is 4.02. The van der Waals surface area contributed by atoms with Crippen molar-refractivity contribution in [2.75, 3.05) is 39.6 Å². The summed E-state index contributed by atoms with van der Waals surface area (Å²) in [7, 11) is 6.85. The maximum atomic E-state index is 14.2. The fourth-order valence-electron chi connectivity index (χ4n) is 6.95. The molecule has 0 aromatic heterocycles. The highest BCUT2D eigenvalue weighted by molar-refractivity contribution is 6.25. The molecule has 0 bridgehead atoms. The van der Waals surface area contributed by atoms with Gasteiger partial charge in [-0.25, -0.2) is 0 Å². The van der Waals surface area contributed by atoms with Gasteiger partial charge in [-0.15, -0.1) is 0 Å². The highest BCUT2D eigenvalue weighted by Crippen LogP contribution is 2.59. The van der Waals surface area contributed by atoms with Crippen LogP contribution in [0.5, 0.6) is 5.75 Å². The summed E-state index contributed by atoms with van der Waals surface area (Å²) >= 11 is 0. The first-order valence-corrected chi connectivity index (χ1v) is 13.4. The summed E-state index contributed by atoms with van der Waals surface area (Å²) in [6.07, 6.45) is 0.249. The van der Waals surface area contributed by atoms with Gasteiger partial charge in [0.1, 0.15) is 22.8 Å². The minimum Gasteiger partial charge on any atom is -0.508 e. The van der Waals surface area contributed by atoms with Gasteiger partial charge in [0, 0.05) is 42.9 Å². The Labute approximate surface area is 233 Å². The molecule has 1 saturated carbocycles. The molecule has 0 aliphatic heterocycles. The molecule has 0 spiro atoms. The number of hydrogen-bond donors (Lipinski definition) is 6. The highest BCUT2D eigenvalue weighted by Gasteiger charge is 2.70. The Morgan fingerprint density at radius 3 is 2.33 bits per heavy atom. The molecule has 3 aliphatic rings. The van der Waals surface area contributed by atoms with E-state index in [2.05, 4.69) is 19.2 Å². The number of phenols is 1. The van der Waals surface area contributed by atoms with Crippen molar-refractivity contribution in [3.8, 4) is 5.75 Å². The van der Waals surface area contributed by atoms with Gasteiger partial charge < -0.3 is 36.4 Å². The van der Waals surface area contributed by atoms with Gasteiger partial charge in [-0.1, -0.05) is 20.8 Å². The molecule has 11 heteroatoms. The van der Waals surface area contributed by atoms with Gasteiger partial charge in [0.15, 0.2) is 11.4 Å². The Balaban J connectivity index is 1.97. The number of amides is 1. The second-order valence-corrected chi connectivity index (χ2v) is 12.3. The lowest BCUT2D eigenvalue weighted by Crippen LogP contribution is -2.71. The largest absolute Gasteiger partial charge is 0.508 e. The lowest BCUT2D eigenvalue weighted by atomic mass is 9.50. The van der Waals surface area contributed by atoms with Gasteiger partial charge in [-0.05, 0) is 56.9 Å². The number of hydrogen-bond acceptors (Lipinski definition) is 10. The molecule has 7 N–H and O–H groups in total. The van der Waals surface area contributed by atoms with Gasteiger partial charge >= 0.3 is 0 Å². The maximum Gasteiger partial charge on any atom is 0.255 e. The standard InChI is InChI=1S/C29H40N4O7/c1-13(2)11-31-12-15-9-17(32(4)5)16-8-14-10-28(3)24(33(6)7)23(36)20(27(30)39)26(38)29(28,40)25(37)18(14)22(35)19(16)21(15)34/h9,13-14,24,31,34-35,38,40H,8,10-12H2,1-7H3,(H2,30,39)/t14-,24+,28-,29-/m0/s1. The van der Waals surface area contributed by atoms with Crippen LogP contribution in [-0.2, 0) is 27.3 Å². The van der Waals surface area contributed by atoms with Crippen LogP contribution in [0, 0.1) is 17.3 Å². The molecule has 11 nitrogen and oxygen atoms in total. The summed E-state index contributed by atoms with van der Waals surface area (Å²) < 4.78 is 0. The molecule has 0 unspecified atom stereocenters. The molecule has 1 amide bonds. The zero-order valence-corrected chi connectivity index (χ0v) is 24.1. The highest BCUT2D eigenvalue weighted by atomic mass is 16.3. The molecule has 0 heterocycles. The fraction of sp³-hybridized carbons (Fsp3) is 0.552. The van der Waals surface area contributed by atoms with Gasteiger partial charge in [-0.3, -0.25) is 19.3 Å². The number of carbonyl (C=O) groups excluding carboxylic acids is 3. The number of nitrogens with zero attached hydrogens (tertiary/aromatic N) is 2. The van der Waals surface area contributed by atoms with Crippen molar-refractivity contribution in [1.29, 1.82) is 0 Å². The van der Waals surface area contributed by atoms with Crippen LogP contribution in [0.2, 0.25) is 0 Å². The molecule has 218 valence electrons. The number of likely N-dealkylation sites (N-methyl/N-ethyl adjacent to an activating group) is 1. The number of fused-ring (bicyclic) bond motifs is 3. The van der Waals surface area contributed by atoms with Crippen molar-refractivity contribution in [3.05, 3.63) is 39.7 Å². The van der Waals surface area contributed by atoms with Gasteiger partial charge in [0.05, 0.1) is 11.6 Å². The van der Waals surface area contributed by atoms with Crippen LogP contribution in [0.3, 0.4) is 0 Å². The Bertz CT molecular complexity index is 1360. The molecule has 4 rings (SSSR count). The van der Waals surface area contributed by atoms with Crippen LogP contribution < -0.4 is 16.0 Å². The van der Waals surface area contributed by atoms with E-state index in [1.54, 1.807) is 14.1 Å². The van der Waals surface area contributed by atoms with Crippen LogP contribution in [0.4, 0.5) is 5.69 Å². The van der Waals surface area contributed by atoms with Crippen LogP contribution in [0.25, 0.3) is 5.76 Å². The Morgan fingerprint density at radius 2 is 1.80 bits per heavy atom. The minimum atomic E-state index is -2.71. The van der Waals surface area contributed by atoms with Gasteiger partial charge in [-0.2, -0.15) is 0 Å². The summed E-state index contributed by atoms with van der Waals surface area (Å²) in [5.41, 5.74) is 2.13. The van der Waals surface area contributed by atoms with E-state index in [0.29, 0.717) is 30.1 Å². The number of primary amides is 1. The van der Waals surface area contributed by atoms with Crippen molar-refractivity contribution >= 4 is 28.9 Å². The molecule has 0 saturated heterocycles. The van der Waals surface area contributed by atoms with E-state index < -0.39 is 57.5 Å². The SMILES string of the molecule is CC(C)CNCc1cc(N(C)C)c2c(c1O)C(O)=C1C(=O)[C@]3(O)C(O)=C(C(N)=O)C(=O)[C@@H](N(C)C)[C@]3(C)C[C@@H]1C2. The number of phenolic OH excluding ortho intramolecular Hbond substituents is 1. The van der Waals surface area contributed by atoms with E-state index >= 15 is 0 Å². The van der Waals surface area contributed by atoms with Crippen molar-refractivity contribution < 1.29 is 34.8 Å². The Kier molecular flexibility index (Phi) is 7.32. The first-order valence-electron chi connectivity index (χ1n) is 13.4. The average Bonchev–Trinajstić information content (AvgIpc) is 2.82. The molecule has 4 atom stereocenters. The molecular weight excluding hydrogens is 516 g/mol. The zero-order chi connectivity index (χ0) is 30.1. The number of ketones is 2. The van der Waals surface area contributed by atoms with E-state index in [9.17, 15) is 34.8 Å². The predicted molar refractivity (Wildman–Crippen MR) is 150 cm³/mol. The van der Waals surface area contributed by atoms with Crippen molar-refractivity contribution in [3.63, 3.8) is 0 Å². The van der Waals surface area contributed by atoms with E-state index in [-0.39, 0.29) is 29.7 Å². The number of benzene rings is 1. The van der Waals surface area contributed by atoms with E-state index in [1.165, 1.54) is 11.8 Å².